The minimum absolute atomic E-state index is 0. The molecule has 0 aliphatic carbocycles. The van der Waals surface area contributed by atoms with Crippen LogP contribution in [0.25, 0.3) is 0 Å². The van der Waals surface area contributed by atoms with E-state index in [0.717, 1.165) is 37.5 Å². The second-order valence-electron chi connectivity index (χ2n) is 7.13. The number of hydrogen-bond acceptors (Lipinski definition) is 4. The maximum Gasteiger partial charge on any atom is 0.191 e. The van der Waals surface area contributed by atoms with Crippen molar-refractivity contribution < 1.29 is 0 Å². The number of guanidine groups is 1. The molecule has 2 heterocycles. The number of likely N-dealkylation sites (tertiary alicyclic amines) is 1. The van der Waals surface area contributed by atoms with Crippen LogP contribution in [-0.2, 0) is 6.54 Å². The van der Waals surface area contributed by atoms with Crippen molar-refractivity contribution in [3.8, 4) is 0 Å². The van der Waals surface area contributed by atoms with Crippen LogP contribution >= 0.6 is 24.0 Å². The highest BCUT2D eigenvalue weighted by Crippen LogP contribution is 2.18. The average Bonchev–Trinajstić information content (AvgIpc) is 2.66. The molecule has 1 fully saturated rings. The Balaban J connectivity index is 0.00000364. The molecule has 1 atom stereocenters. The van der Waals surface area contributed by atoms with Crippen molar-refractivity contribution >= 4 is 35.8 Å². The third kappa shape index (κ3) is 8.21. The quantitative estimate of drug-likeness (QED) is 0.335. The number of piperidine rings is 1. The second-order valence-corrected chi connectivity index (χ2v) is 7.13. The molecule has 0 amide bonds. The van der Waals surface area contributed by atoms with E-state index >= 15 is 0 Å². The fourth-order valence-electron chi connectivity index (χ4n) is 3.45. The van der Waals surface area contributed by atoms with Gasteiger partial charge in [0.15, 0.2) is 5.96 Å². The van der Waals surface area contributed by atoms with Crippen LogP contribution in [0.4, 0.5) is 5.82 Å². The number of nitrogens with one attached hydrogen (secondary N) is 2. The standard InChI is InChI=1S/C20H36N6.HI/c1-5-18-9-7-8-13-26(18)14-12-23-20(21-6-2)24-16-17-10-11-22-19(15-17)25(3)4;/h10-11,15,18H,5-9,12-14,16H2,1-4H3,(H2,21,23,24);1H. The van der Waals surface area contributed by atoms with E-state index in [0.29, 0.717) is 6.54 Å². The number of halogens is 1. The van der Waals surface area contributed by atoms with Crippen LogP contribution in [0, 0.1) is 0 Å². The number of aliphatic imine (C=N–C) groups is 1. The maximum atomic E-state index is 4.74. The Morgan fingerprint density at radius 3 is 2.81 bits per heavy atom. The molecule has 0 radical (unpaired) electrons. The number of pyridine rings is 1. The van der Waals surface area contributed by atoms with Crippen LogP contribution < -0.4 is 15.5 Å². The SMILES string of the molecule is CCNC(=NCc1ccnc(N(C)C)c1)NCCN1CCCCC1CC.I. The van der Waals surface area contributed by atoms with Gasteiger partial charge in [-0.25, -0.2) is 9.98 Å². The lowest BCUT2D eigenvalue weighted by Gasteiger charge is -2.35. The molecule has 0 spiro atoms. The largest absolute Gasteiger partial charge is 0.363 e. The summed E-state index contributed by atoms with van der Waals surface area (Å²) >= 11 is 0. The number of rotatable bonds is 8. The van der Waals surface area contributed by atoms with Gasteiger partial charge in [0.05, 0.1) is 6.54 Å². The summed E-state index contributed by atoms with van der Waals surface area (Å²) < 4.78 is 0. The van der Waals surface area contributed by atoms with E-state index in [1.165, 1.54) is 37.8 Å². The zero-order valence-electron chi connectivity index (χ0n) is 17.4. The molecular formula is C20H37IN6. The van der Waals surface area contributed by atoms with Crippen LogP contribution in [0.15, 0.2) is 23.3 Å². The van der Waals surface area contributed by atoms with E-state index in [-0.39, 0.29) is 24.0 Å². The molecule has 154 valence electrons. The van der Waals surface area contributed by atoms with Crippen molar-refractivity contribution in [2.24, 2.45) is 4.99 Å². The molecular weight excluding hydrogens is 451 g/mol. The van der Waals surface area contributed by atoms with Gasteiger partial charge in [-0.2, -0.15) is 0 Å². The van der Waals surface area contributed by atoms with Gasteiger partial charge in [-0.1, -0.05) is 13.3 Å². The molecule has 0 bridgehead atoms. The lowest BCUT2D eigenvalue weighted by molar-refractivity contribution is 0.147. The number of aromatic nitrogens is 1. The third-order valence-corrected chi connectivity index (χ3v) is 4.94. The van der Waals surface area contributed by atoms with Gasteiger partial charge in [0.25, 0.3) is 0 Å². The fourth-order valence-corrected chi connectivity index (χ4v) is 3.45. The summed E-state index contributed by atoms with van der Waals surface area (Å²) in [5, 5.41) is 6.84. The van der Waals surface area contributed by atoms with Gasteiger partial charge >= 0.3 is 0 Å². The second kappa shape index (κ2) is 13.1. The predicted octanol–water partition coefficient (Wildman–Crippen LogP) is 3.09. The summed E-state index contributed by atoms with van der Waals surface area (Å²) in [5.74, 6) is 1.85. The maximum absolute atomic E-state index is 4.74. The average molecular weight is 488 g/mol. The molecule has 1 aromatic heterocycles. The summed E-state index contributed by atoms with van der Waals surface area (Å²) in [4.78, 5) is 13.7. The van der Waals surface area contributed by atoms with Crippen molar-refractivity contribution in [1.82, 2.24) is 20.5 Å². The van der Waals surface area contributed by atoms with Crippen LogP contribution in [0.1, 0.15) is 45.1 Å². The number of hydrogen-bond donors (Lipinski definition) is 2. The third-order valence-electron chi connectivity index (χ3n) is 4.94. The first-order valence-corrected chi connectivity index (χ1v) is 10.0. The summed E-state index contributed by atoms with van der Waals surface area (Å²) in [7, 11) is 4.01. The number of anilines is 1. The lowest BCUT2D eigenvalue weighted by Crippen LogP contribution is -2.45. The Kier molecular flexibility index (Phi) is 11.7. The Hall–Kier alpha value is -1.09. The smallest absolute Gasteiger partial charge is 0.191 e. The van der Waals surface area contributed by atoms with Gasteiger partial charge in [-0.3, -0.25) is 4.90 Å². The fraction of sp³-hybridized carbons (Fsp3) is 0.700. The van der Waals surface area contributed by atoms with Crippen LogP contribution in [0.5, 0.6) is 0 Å². The molecule has 1 aliphatic heterocycles. The van der Waals surface area contributed by atoms with Crippen molar-refractivity contribution in [2.45, 2.75) is 52.1 Å². The van der Waals surface area contributed by atoms with Gasteiger partial charge < -0.3 is 15.5 Å². The first-order valence-electron chi connectivity index (χ1n) is 10.0. The molecule has 0 aromatic carbocycles. The normalized spacial score (nSPS) is 17.9. The topological polar surface area (TPSA) is 55.8 Å². The predicted molar refractivity (Wildman–Crippen MR) is 126 cm³/mol. The molecule has 1 aromatic rings. The van der Waals surface area contributed by atoms with E-state index in [9.17, 15) is 0 Å². The lowest BCUT2D eigenvalue weighted by atomic mass is 10.0. The molecule has 6 nitrogen and oxygen atoms in total. The van der Waals surface area contributed by atoms with Gasteiger partial charge in [0.2, 0.25) is 0 Å². The first-order chi connectivity index (χ1) is 12.6. The van der Waals surface area contributed by atoms with Crippen molar-refractivity contribution in [3.63, 3.8) is 0 Å². The Morgan fingerprint density at radius 2 is 2.11 bits per heavy atom. The zero-order chi connectivity index (χ0) is 18.8. The van der Waals surface area contributed by atoms with Crippen LogP contribution in [0.2, 0.25) is 0 Å². The van der Waals surface area contributed by atoms with Gasteiger partial charge in [0.1, 0.15) is 5.82 Å². The van der Waals surface area contributed by atoms with Gasteiger partial charge in [-0.05, 0) is 50.4 Å². The highest BCUT2D eigenvalue weighted by molar-refractivity contribution is 14.0. The minimum atomic E-state index is 0. The Bertz CT molecular complexity index is 563. The Labute approximate surface area is 182 Å². The summed E-state index contributed by atoms with van der Waals surface area (Å²) in [6.45, 7) is 9.18. The van der Waals surface area contributed by atoms with Crippen LogP contribution in [-0.4, -0.2) is 62.2 Å². The zero-order valence-corrected chi connectivity index (χ0v) is 19.7. The van der Waals surface area contributed by atoms with Crippen molar-refractivity contribution in [1.29, 1.82) is 0 Å². The van der Waals surface area contributed by atoms with E-state index in [1.807, 2.05) is 31.3 Å². The molecule has 1 unspecified atom stereocenters. The number of nitrogens with zero attached hydrogens (tertiary/aromatic N) is 4. The molecule has 0 saturated carbocycles. The first kappa shape index (κ1) is 23.9. The minimum Gasteiger partial charge on any atom is -0.363 e. The Morgan fingerprint density at radius 1 is 1.30 bits per heavy atom. The summed E-state index contributed by atoms with van der Waals surface area (Å²) in [6.07, 6.45) is 7.17. The molecule has 2 rings (SSSR count). The van der Waals surface area contributed by atoms with Crippen molar-refractivity contribution in [3.05, 3.63) is 23.9 Å². The summed E-state index contributed by atoms with van der Waals surface area (Å²) in [6, 6.07) is 4.87. The molecule has 7 heteroatoms. The van der Waals surface area contributed by atoms with E-state index < -0.39 is 0 Å². The monoisotopic (exact) mass is 488 g/mol. The summed E-state index contributed by atoms with van der Waals surface area (Å²) in [5.41, 5.74) is 1.17. The highest BCUT2D eigenvalue weighted by Gasteiger charge is 2.19. The van der Waals surface area contributed by atoms with Gasteiger partial charge in [0, 0.05) is 46.0 Å². The molecule has 1 saturated heterocycles. The van der Waals surface area contributed by atoms with E-state index in [4.69, 9.17) is 4.99 Å². The molecule has 2 N–H and O–H groups in total. The highest BCUT2D eigenvalue weighted by atomic mass is 127. The van der Waals surface area contributed by atoms with E-state index in [2.05, 4.69) is 40.4 Å². The van der Waals surface area contributed by atoms with Gasteiger partial charge in [-0.15, -0.1) is 24.0 Å². The van der Waals surface area contributed by atoms with Crippen molar-refractivity contribution in [2.75, 3.05) is 45.2 Å². The molecule has 1 aliphatic rings. The molecule has 27 heavy (non-hydrogen) atoms. The van der Waals surface area contributed by atoms with Crippen LogP contribution in [0.3, 0.4) is 0 Å². The van der Waals surface area contributed by atoms with E-state index in [1.54, 1.807) is 0 Å².